The number of para-hydroxylation sites is 1. The average molecular weight is 498 g/mol. The topological polar surface area (TPSA) is 61.8 Å². The largest absolute Gasteiger partial charge is 0.325 e. The molecule has 0 spiro atoms. The van der Waals surface area contributed by atoms with Gasteiger partial charge in [-0.05, 0) is 42.3 Å². The van der Waals surface area contributed by atoms with Gasteiger partial charge in [0, 0.05) is 28.7 Å². The molecule has 5 nitrogen and oxygen atoms in total. The van der Waals surface area contributed by atoms with Crippen LogP contribution in [0, 0.1) is 0 Å². The number of nitrogens with one attached hydrogen (secondary N) is 1. The first-order chi connectivity index (χ1) is 16.0. The van der Waals surface area contributed by atoms with E-state index in [4.69, 9.17) is 23.2 Å². The molecule has 3 aromatic carbocycles. The molecule has 0 radical (unpaired) electrons. The smallest absolute Gasteiger partial charge is 0.238 e. The third-order valence-electron chi connectivity index (χ3n) is 5.01. The molecule has 0 unspecified atom stereocenters. The van der Waals surface area contributed by atoms with Crippen molar-refractivity contribution in [2.75, 3.05) is 11.9 Å². The molecule has 4 rings (SSSR count). The highest BCUT2D eigenvalue weighted by Gasteiger charge is 2.35. The van der Waals surface area contributed by atoms with E-state index in [-0.39, 0.29) is 18.2 Å². The van der Waals surface area contributed by atoms with Gasteiger partial charge in [-0.25, -0.2) is 4.99 Å². The molecule has 8 heteroatoms. The summed E-state index contributed by atoms with van der Waals surface area (Å²) in [7, 11) is 0. The fourth-order valence-corrected chi connectivity index (χ4v) is 5.04. The molecule has 2 amide bonds. The summed E-state index contributed by atoms with van der Waals surface area (Å²) in [5.74, 6) is -0.385. The number of rotatable bonds is 6. The Labute approximate surface area is 206 Å². The third kappa shape index (κ3) is 6.38. The quantitative estimate of drug-likeness (QED) is 0.441. The zero-order chi connectivity index (χ0) is 23.2. The van der Waals surface area contributed by atoms with Gasteiger partial charge in [0.05, 0.1) is 5.69 Å². The molecule has 1 N–H and O–H groups in total. The Morgan fingerprint density at radius 2 is 1.64 bits per heavy atom. The van der Waals surface area contributed by atoms with Crippen LogP contribution in [0.4, 0.5) is 11.4 Å². The maximum atomic E-state index is 13.1. The summed E-state index contributed by atoms with van der Waals surface area (Å²) < 4.78 is 0. The van der Waals surface area contributed by atoms with Crippen LogP contribution in [0.15, 0.2) is 83.9 Å². The van der Waals surface area contributed by atoms with E-state index >= 15 is 0 Å². The molecule has 0 bridgehead atoms. The highest BCUT2D eigenvalue weighted by Crippen LogP contribution is 2.32. The van der Waals surface area contributed by atoms with Crippen molar-refractivity contribution in [3.8, 4) is 0 Å². The number of halogens is 2. The normalized spacial score (nSPS) is 17.3. The first-order valence-electron chi connectivity index (χ1n) is 10.4. The van der Waals surface area contributed by atoms with E-state index in [1.807, 2.05) is 60.7 Å². The monoisotopic (exact) mass is 497 g/mol. The molecule has 0 aromatic heterocycles. The van der Waals surface area contributed by atoms with E-state index < -0.39 is 5.25 Å². The number of amidine groups is 1. The van der Waals surface area contributed by atoms with E-state index in [1.165, 1.54) is 11.8 Å². The Bertz CT molecular complexity index is 1150. The van der Waals surface area contributed by atoms with Crippen LogP contribution >= 0.6 is 35.0 Å². The third-order valence-corrected chi connectivity index (χ3v) is 6.64. The van der Waals surface area contributed by atoms with Gasteiger partial charge in [0.15, 0.2) is 5.17 Å². The first-order valence-corrected chi connectivity index (χ1v) is 12.0. The maximum Gasteiger partial charge on any atom is 0.238 e. The molecule has 3 aromatic rings. The Morgan fingerprint density at radius 1 is 1.00 bits per heavy atom. The number of aliphatic imine (C=N–C) groups is 1. The summed E-state index contributed by atoms with van der Waals surface area (Å²) in [6.07, 6.45) is 0.761. The number of hydrogen-bond acceptors (Lipinski definition) is 4. The average Bonchev–Trinajstić information content (AvgIpc) is 2.79. The van der Waals surface area contributed by atoms with Crippen molar-refractivity contribution in [3.05, 3.63) is 94.5 Å². The van der Waals surface area contributed by atoms with Gasteiger partial charge in [-0.1, -0.05) is 83.5 Å². The van der Waals surface area contributed by atoms with Crippen molar-refractivity contribution < 1.29 is 9.59 Å². The molecule has 1 atom stereocenters. The summed E-state index contributed by atoms with van der Waals surface area (Å²) in [4.78, 5) is 32.3. The van der Waals surface area contributed by atoms with Crippen LogP contribution in [0.3, 0.4) is 0 Å². The minimum absolute atomic E-state index is 0.0907. The second-order valence-corrected chi connectivity index (χ2v) is 9.51. The highest BCUT2D eigenvalue weighted by atomic mass is 35.5. The van der Waals surface area contributed by atoms with Crippen LogP contribution in [0.5, 0.6) is 0 Å². The van der Waals surface area contributed by atoms with E-state index in [9.17, 15) is 9.59 Å². The summed E-state index contributed by atoms with van der Waals surface area (Å²) >= 11 is 13.5. The van der Waals surface area contributed by atoms with Crippen LogP contribution in [-0.4, -0.2) is 33.7 Å². The highest BCUT2D eigenvalue weighted by molar-refractivity contribution is 8.15. The molecule has 1 fully saturated rings. The molecule has 1 aliphatic rings. The number of benzene rings is 3. The molecule has 1 aliphatic heterocycles. The SMILES string of the molecule is O=C(Nc1ccccc1)[C@H]1CC(=O)N(CCc2ccccc2)C(=Nc2cc(Cl)cc(Cl)c2)S1. The zero-order valence-electron chi connectivity index (χ0n) is 17.6. The number of thioether (sulfide) groups is 1. The number of hydrogen-bond donors (Lipinski definition) is 1. The molecule has 33 heavy (non-hydrogen) atoms. The van der Waals surface area contributed by atoms with Gasteiger partial charge in [-0.15, -0.1) is 0 Å². The number of nitrogens with zero attached hydrogens (tertiary/aromatic N) is 2. The van der Waals surface area contributed by atoms with Crippen molar-refractivity contribution in [3.63, 3.8) is 0 Å². The summed E-state index contributed by atoms with van der Waals surface area (Å²) in [5, 5.41) is 3.63. The van der Waals surface area contributed by atoms with Crippen molar-refractivity contribution in [1.29, 1.82) is 0 Å². The van der Waals surface area contributed by atoms with Crippen molar-refractivity contribution in [2.45, 2.75) is 18.1 Å². The summed E-state index contributed by atoms with van der Waals surface area (Å²) in [5.41, 5.74) is 2.32. The van der Waals surface area contributed by atoms with Gasteiger partial charge in [0.2, 0.25) is 11.8 Å². The number of carbonyl (C=O) groups excluding carboxylic acids is 2. The Morgan fingerprint density at radius 3 is 2.30 bits per heavy atom. The molecule has 168 valence electrons. The lowest BCUT2D eigenvalue weighted by Crippen LogP contribution is -2.46. The Balaban J connectivity index is 1.58. The van der Waals surface area contributed by atoms with Crippen LogP contribution in [-0.2, 0) is 16.0 Å². The second kappa shape index (κ2) is 10.9. The maximum absolute atomic E-state index is 13.1. The summed E-state index contributed by atoms with van der Waals surface area (Å²) in [6, 6.07) is 24.1. The van der Waals surface area contributed by atoms with Gasteiger partial charge in [0.25, 0.3) is 0 Å². The predicted octanol–water partition coefficient (Wildman–Crippen LogP) is 6.20. The second-order valence-electron chi connectivity index (χ2n) is 7.47. The van der Waals surface area contributed by atoms with Gasteiger partial charge in [0.1, 0.15) is 5.25 Å². The minimum Gasteiger partial charge on any atom is -0.325 e. The van der Waals surface area contributed by atoms with E-state index in [2.05, 4.69) is 10.3 Å². The molecule has 1 saturated heterocycles. The standard InChI is InChI=1S/C25H21Cl2N3O2S/c26-18-13-19(27)15-21(14-18)29-25-30(12-11-17-7-3-1-4-8-17)23(31)16-22(33-25)24(32)28-20-9-5-2-6-10-20/h1-10,13-15,22H,11-12,16H2,(H,28,32)/t22-/m1/s1. The van der Waals surface area contributed by atoms with Gasteiger partial charge in [-0.3, -0.25) is 14.5 Å². The predicted molar refractivity (Wildman–Crippen MR) is 136 cm³/mol. The summed E-state index contributed by atoms with van der Waals surface area (Å²) in [6.45, 7) is 0.454. The lowest BCUT2D eigenvalue weighted by molar-refractivity contribution is -0.129. The molecular weight excluding hydrogens is 477 g/mol. The lowest BCUT2D eigenvalue weighted by Gasteiger charge is -2.32. The lowest BCUT2D eigenvalue weighted by atomic mass is 10.1. The zero-order valence-corrected chi connectivity index (χ0v) is 19.9. The fourth-order valence-electron chi connectivity index (χ4n) is 3.41. The van der Waals surface area contributed by atoms with E-state index in [1.54, 1.807) is 23.1 Å². The van der Waals surface area contributed by atoms with Crippen LogP contribution in [0.25, 0.3) is 0 Å². The number of anilines is 1. The van der Waals surface area contributed by atoms with E-state index in [0.29, 0.717) is 39.6 Å². The molecule has 0 aliphatic carbocycles. The number of carbonyl (C=O) groups is 2. The van der Waals surface area contributed by atoms with Gasteiger partial charge < -0.3 is 5.32 Å². The van der Waals surface area contributed by atoms with Crippen LogP contribution in [0.2, 0.25) is 10.0 Å². The minimum atomic E-state index is -0.598. The van der Waals surface area contributed by atoms with E-state index in [0.717, 1.165) is 5.56 Å². The molecular formula is C25H21Cl2N3O2S. The van der Waals surface area contributed by atoms with Crippen LogP contribution in [0.1, 0.15) is 12.0 Å². The van der Waals surface area contributed by atoms with Crippen molar-refractivity contribution in [2.24, 2.45) is 4.99 Å². The Hall–Kier alpha value is -2.80. The number of amides is 2. The molecule has 1 heterocycles. The van der Waals surface area contributed by atoms with Gasteiger partial charge in [-0.2, -0.15) is 0 Å². The Kier molecular flexibility index (Phi) is 7.70. The van der Waals surface area contributed by atoms with Crippen molar-refractivity contribution in [1.82, 2.24) is 4.90 Å². The van der Waals surface area contributed by atoms with Gasteiger partial charge >= 0.3 is 0 Å². The van der Waals surface area contributed by atoms with Crippen LogP contribution < -0.4 is 5.32 Å². The fraction of sp³-hybridized carbons (Fsp3) is 0.160. The molecule has 0 saturated carbocycles. The first kappa shape index (κ1) is 23.4. The van der Waals surface area contributed by atoms with Crippen molar-refractivity contribution >= 4 is 63.3 Å².